The van der Waals surface area contributed by atoms with Gasteiger partial charge in [0.05, 0.1) is 28.1 Å². The number of amides is 1. The van der Waals surface area contributed by atoms with E-state index in [2.05, 4.69) is 15.1 Å². The predicted octanol–water partition coefficient (Wildman–Crippen LogP) is 8.08. The molecule has 0 unspecified atom stereocenters. The predicted molar refractivity (Wildman–Crippen MR) is 190 cm³/mol. The second-order valence-corrected chi connectivity index (χ2v) is 13.9. The molecule has 1 amide bonds. The number of furan rings is 1. The zero-order chi connectivity index (χ0) is 35.6. The molecule has 0 aliphatic rings. The van der Waals surface area contributed by atoms with Crippen LogP contribution in [0, 0.1) is 24.0 Å². The first-order valence-corrected chi connectivity index (χ1v) is 17.4. The Morgan fingerprint density at radius 2 is 1.72 bits per heavy atom. The summed E-state index contributed by atoms with van der Waals surface area (Å²) in [6.07, 6.45) is 1.97. The smallest absolute Gasteiger partial charge is 0.293 e. The molecule has 0 radical (unpaired) electrons. The minimum Gasteiger partial charge on any atom is -0.469 e. The van der Waals surface area contributed by atoms with E-state index < -0.39 is 31.4 Å². The van der Waals surface area contributed by atoms with Gasteiger partial charge >= 0.3 is 0 Å². The number of ether oxygens (including phenoxy) is 1. The first-order valence-electron chi connectivity index (χ1n) is 15.2. The van der Waals surface area contributed by atoms with Gasteiger partial charge in [0, 0.05) is 34.5 Å². The van der Waals surface area contributed by atoms with E-state index in [0.717, 1.165) is 22.8 Å². The Morgan fingerprint density at radius 3 is 2.40 bits per heavy atom. The Labute approximate surface area is 296 Å². The monoisotopic (exact) mass is 733 g/mol. The number of carbonyl (C=O) groups is 1. The molecule has 6 rings (SSSR count). The number of nitro groups is 1. The van der Waals surface area contributed by atoms with Crippen molar-refractivity contribution in [3.63, 3.8) is 0 Å². The molecule has 12 nitrogen and oxygen atoms in total. The number of sulfonamides is 1. The molecule has 6 aromatic rings. The van der Waals surface area contributed by atoms with E-state index in [0.29, 0.717) is 51.2 Å². The molecule has 2 N–H and O–H groups in total. The van der Waals surface area contributed by atoms with E-state index in [1.165, 1.54) is 29.1 Å². The number of aryl methyl sites for hydroxylation is 2. The molecule has 0 fully saturated rings. The van der Waals surface area contributed by atoms with Crippen molar-refractivity contribution in [3.8, 4) is 11.5 Å². The van der Waals surface area contributed by atoms with Gasteiger partial charge in [0.15, 0.2) is 0 Å². The summed E-state index contributed by atoms with van der Waals surface area (Å²) in [6, 6.07) is 22.4. The van der Waals surface area contributed by atoms with Gasteiger partial charge in [-0.2, -0.15) is 5.10 Å². The van der Waals surface area contributed by atoms with E-state index in [4.69, 9.17) is 32.4 Å². The van der Waals surface area contributed by atoms with Crippen molar-refractivity contribution in [1.82, 2.24) is 14.5 Å². The quantitative estimate of drug-likeness (QED) is 0.0937. The first-order chi connectivity index (χ1) is 23.9. The number of fused-ring (bicyclic) bond motifs is 1. The second kappa shape index (κ2) is 14.2. The van der Waals surface area contributed by atoms with Crippen LogP contribution in [-0.2, 0) is 23.0 Å². The van der Waals surface area contributed by atoms with Gasteiger partial charge in [-0.15, -0.1) is 0 Å². The van der Waals surface area contributed by atoms with Crippen molar-refractivity contribution < 1.29 is 27.3 Å². The van der Waals surface area contributed by atoms with Crippen LogP contribution >= 0.6 is 23.2 Å². The molecule has 15 heteroatoms. The number of rotatable bonds is 12. The van der Waals surface area contributed by atoms with Gasteiger partial charge in [0.1, 0.15) is 28.6 Å². The van der Waals surface area contributed by atoms with Crippen molar-refractivity contribution in [1.29, 1.82) is 0 Å². The minimum atomic E-state index is -4.57. The summed E-state index contributed by atoms with van der Waals surface area (Å²) in [5, 5.41) is 20.7. The summed E-state index contributed by atoms with van der Waals surface area (Å²) < 4.78 is 41.6. The molecular weight excluding hydrogens is 705 g/mol. The number of nitro benzene ring substituents is 1. The van der Waals surface area contributed by atoms with Gasteiger partial charge in [0.2, 0.25) is 0 Å². The zero-order valence-electron chi connectivity index (χ0n) is 26.6. The lowest BCUT2D eigenvalue weighted by Crippen LogP contribution is -2.32. The van der Waals surface area contributed by atoms with Crippen LogP contribution in [0.2, 0.25) is 10.0 Å². The van der Waals surface area contributed by atoms with E-state index in [1.54, 1.807) is 48.5 Å². The number of anilines is 1. The summed E-state index contributed by atoms with van der Waals surface area (Å²) >= 11 is 12.5. The molecule has 0 saturated carbocycles. The van der Waals surface area contributed by atoms with Gasteiger partial charge < -0.3 is 14.5 Å². The Balaban J connectivity index is 1.23. The van der Waals surface area contributed by atoms with Crippen LogP contribution in [0.25, 0.3) is 10.9 Å². The number of hydrogen-bond donors (Lipinski definition) is 2. The Morgan fingerprint density at radius 1 is 0.980 bits per heavy atom. The summed E-state index contributed by atoms with van der Waals surface area (Å²) in [5.74, 6) is 0.893. The van der Waals surface area contributed by atoms with E-state index >= 15 is 0 Å². The van der Waals surface area contributed by atoms with Crippen molar-refractivity contribution in [2.45, 2.75) is 31.7 Å². The largest absolute Gasteiger partial charge is 0.469 e. The molecule has 0 saturated heterocycles. The minimum absolute atomic E-state index is 0.0655. The van der Waals surface area contributed by atoms with Crippen LogP contribution in [0.3, 0.4) is 0 Å². The highest BCUT2D eigenvalue weighted by molar-refractivity contribution is 7.90. The number of benzene rings is 4. The molecule has 0 bridgehead atoms. The molecular formula is C35H29Cl2N5O7S. The third-order valence-electron chi connectivity index (χ3n) is 7.79. The van der Waals surface area contributed by atoms with Crippen LogP contribution in [0.1, 0.15) is 32.9 Å². The molecule has 0 aliphatic carbocycles. The molecule has 4 aromatic carbocycles. The molecule has 2 aromatic heterocycles. The molecule has 0 aliphatic heterocycles. The Hall–Kier alpha value is -5.37. The van der Waals surface area contributed by atoms with Gasteiger partial charge in [-0.1, -0.05) is 35.3 Å². The highest BCUT2D eigenvalue weighted by atomic mass is 35.5. The van der Waals surface area contributed by atoms with Crippen LogP contribution < -0.4 is 14.8 Å². The number of aromatic nitrogens is 2. The fourth-order valence-corrected chi connectivity index (χ4v) is 6.63. The lowest BCUT2D eigenvalue weighted by molar-refractivity contribution is -0.384. The van der Waals surface area contributed by atoms with Crippen molar-refractivity contribution >= 4 is 61.4 Å². The topological polar surface area (TPSA) is 159 Å². The lowest BCUT2D eigenvalue weighted by Gasteiger charge is -2.12. The maximum Gasteiger partial charge on any atom is 0.293 e. The second-order valence-electron chi connectivity index (χ2n) is 11.4. The molecule has 50 heavy (non-hydrogen) atoms. The summed E-state index contributed by atoms with van der Waals surface area (Å²) in [7, 11) is -4.57. The van der Waals surface area contributed by atoms with Crippen LogP contribution in [0.15, 0.2) is 101 Å². The molecule has 0 atom stereocenters. The van der Waals surface area contributed by atoms with Crippen LogP contribution in [0.5, 0.6) is 11.5 Å². The van der Waals surface area contributed by atoms with Gasteiger partial charge in [-0.3, -0.25) is 19.6 Å². The summed E-state index contributed by atoms with van der Waals surface area (Å²) in [4.78, 5) is 24.4. The average Bonchev–Trinajstić information content (AvgIpc) is 3.72. The van der Waals surface area contributed by atoms with Crippen molar-refractivity contribution in [2.24, 2.45) is 0 Å². The number of nitrogens with zero attached hydrogens (tertiary/aromatic N) is 3. The highest BCUT2D eigenvalue weighted by Gasteiger charge is 2.27. The first kappa shape index (κ1) is 34.5. The maximum absolute atomic E-state index is 13.7. The highest BCUT2D eigenvalue weighted by Crippen LogP contribution is 2.31. The zero-order valence-corrected chi connectivity index (χ0v) is 29.0. The fourth-order valence-electron chi connectivity index (χ4n) is 5.38. The summed E-state index contributed by atoms with van der Waals surface area (Å²) in [6.45, 7) is 4.19. The summed E-state index contributed by atoms with van der Waals surface area (Å²) in [5.41, 5.74) is 2.50. The third kappa shape index (κ3) is 7.59. The van der Waals surface area contributed by atoms with Crippen molar-refractivity contribution in [2.75, 3.05) is 11.9 Å². The fraction of sp³-hybridized carbons (Fsp3) is 0.143. The molecule has 2 heterocycles. The molecule has 256 valence electrons. The number of nitrogens with one attached hydrogen (secondary N) is 2. The Bertz CT molecular complexity index is 2320. The number of carbonyl (C=O) groups excluding carboxylic acids is 1. The average molecular weight is 735 g/mol. The van der Waals surface area contributed by atoms with Crippen LogP contribution in [0.4, 0.5) is 11.4 Å². The van der Waals surface area contributed by atoms with E-state index in [-0.39, 0.29) is 17.9 Å². The lowest BCUT2D eigenvalue weighted by atomic mass is 10.1. The van der Waals surface area contributed by atoms with Crippen molar-refractivity contribution in [3.05, 3.63) is 139 Å². The Kier molecular flexibility index (Phi) is 9.82. The normalized spacial score (nSPS) is 11.4. The number of halogens is 2. The SMILES string of the molecule is Cc1cc(Oc2ccc(Cn3nc4ccc(Cl)cc4c3C(=O)NS(=O)(=O)c3ccc(NCCc4ccco4)c([N+](=O)[O-])c3)cc2)cc(C)c1Cl. The maximum atomic E-state index is 13.7. The standard InChI is InChI=1S/C35H29Cl2N5O7S/c1-21-16-27(17-22(2)33(21)37)49-26-8-5-23(6-9-26)20-41-34(29-18-24(36)7-11-30(29)39-41)35(43)40-50(46,47)28-10-12-31(32(19-28)42(44)45)38-14-13-25-4-3-15-48-25/h3-12,15-19,38H,13-14,20H2,1-2H3,(H,40,43). The molecule has 0 spiro atoms. The van der Waals surface area contributed by atoms with Crippen LogP contribution in [-0.4, -0.2) is 35.6 Å². The third-order valence-corrected chi connectivity index (χ3v) is 9.95. The van der Waals surface area contributed by atoms with Gasteiger partial charge in [0.25, 0.3) is 21.6 Å². The van der Waals surface area contributed by atoms with Gasteiger partial charge in [-0.05, 0) is 97.3 Å². The van der Waals surface area contributed by atoms with E-state index in [1.807, 2.05) is 26.0 Å². The van der Waals surface area contributed by atoms with E-state index in [9.17, 15) is 23.3 Å². The number of hydrogen-bond acceptors (Lipinski definition) is 9. The van der Waals surface area contributed by atoms with Gasteiger partial charge in [-0.25, -0.2) is 13.1 Å².